The Bertz CT molecular complexity index is 1620. The highest BCUT2D eigenvalue weighted by molar-refractivity contribution is 5.76. The van der Waals surface area contributed by atoms with Crippen molar-refractivity contribution in [3.05, 3.63) is 88.2 Å². The second-order valence-electron chi connectivity index (χ2n) is 9.20. The molecule has 1 amide bonds. The van der Waals surface area contributed by atoms with Gasteiger partial charge in [-0.1, -0.05) is 62.4 Å². The van der Waals surface area contributed by atoms with Crippen LogP contribution in [-0.2, 0) is 24.8 Å². The number of hydrogen-bond donors (Lipinski definition) is 2. The van der Waals surface area contributed by atoms with Gasteiger partial charge in [-0.15, -0.1) is 0 Å². The number of fused-ring (bicyclic) bond motifs is 1. The average molecular weight is 482 g/mol. The molecule has 0 spiro atoms. The van der Waals surface area contributed by atoms with Crippen molar-refractivity contribution in [2.75, 3.05) is 0 Å². The number of aromatic nitrogens is 6. The molecule has 0 unspecified atom stereocenters. The zero-order valence-electron chi connectivity index (χ0n) is 20.4. The highest BCUT2D eigenvalue weighted by Crippen LogP contribution is 2.27. The van der Waals surface area contributed by atoms with Crippen molar-refractivity contribution in [3.8, 4) is 22.8 Å². The van der Waals surface area contributed by atoms with Gasteiger partial charge in [-0.2, -0.15) is 0 Å². The van der Waals surface area contributed by atoms with E-state index in [2.05, 4.69) is 34.9 Å². The molecule has 0 aliphatic carbocycles. The number of imidazole rings is 2. The molecule has 0 radical (unpaired) electrons. The lowest BCUT2D eigenvalue weighted by Crippen LogP contribution is -2.17. The smallest absolute Gasteiger partial charge is 0.328 e. The van der Waals surface area contributed by atoms with Crippen molar-refractivity contribution >= 4 is 17.1 Å². The minimum absolute atomic E-state index is 0.0981. The Balaban J connectivity index is 1.46. The number of carbonyl (C=O) groups is 1. The summed E-state index contributed by atoms with van der Waals surface area (Å²) in [5.74, 6) is 1.23. The number of amides is 1. The second-order valence-corrected chi connectivity index (χ2v) is 9.20. The van der Waals surface area contributed by atoms with Crippen LogP contribution in [0.25, 0.3) is 33.9 Å². The number of hydrogen-bond acceptors (Lipinski definition) is 5. The summed E-state index contributed by atoms with van der Waals surface area (Å²) in [6, 6.07) is 15.9. The molecule has 0 atom stereocenters. The van der Waals surface area contributed by atoms with Gasteiger partial charge in [-0.25, -0.2) is 19.7 Å². The molecule has 0 aliphatic heterocycles. The number of primary amides is 1. The van der Waals surface area contributed by atoms with Crippen LogP contribution in [0.15, 0.2) is 65.7 Å². The van der Waals surface area contributed by atoms with Crippen LogP contribution >= 0.6 is 0 Å². The normalized spacial score (nSPS) is 11.4. The van der Waals surface area contributed by atoms with E-state index < -0.39 is 5.91 Å². The first-order valence-corrected chi connectivity index (χ1v) is 11.7. The summed E-state index contributed by atoms with van der Waals surface area (Å²) in [6.07, 6.45) is 3.57. The predicted octanol–water partition coefficient (Wildman–Crippen LogP) is 3.39. The van der Waals surface area contributed by atoms with Crippen molar-refractivity contribution in [1.29, 1.82) is 0 Å². The summed E-state index contributed by atoms with van der Waals surface area (Å²) >= 11 is 0. The molecule has 9 nitrogen and oxygen atoms in total. The topological polar surface area (TPSA) is 124 Å². The molecule has 5 rings (SSSR count). The third-order valence-corrected chi connectivity index (χ3v) is 6.17. The van der Waals surface area contributed by atoms with Crippen LogP contribution in [0, 0.1) is 0 Å². The van der Waals surface area contributed by atoms with E-state index in [-0.39, 0.29) is 12.1 Å². The van der Waals surface area contributed by atoms with Gasteiger partial charge in [0.05, 0.1) is 24.9 Å². The molecule has 36 heavy (non-hydrogen) atoms. The van der Waals surface area contributed by atoms with E-state index in [9.17, 15) is 9.59 Å². The van der Waals surface area contributed by atoms with Crippen molar-refractivity contribution in [2.24, 2.45) is 12.8 Å². The molecule has 0 aliphatic rings. The molecule has 3 N–H and O–H groups in total. The van der Waals surface area contributed by atoms with Gasteiger partial charge in [0.2, 0.25) is 5.91 Å². The van der Waals surface area contributed by atoms with E-state index in [1.54, 1.807) is 17.0 Å². The largest absolute Gasteiger partial charge is 0.369 e. The van der Waals surface area contributed by atoms with Gasteiger partial charge in [0.25, 0.3) is 0 Å². The van der Waals surface area contributed by atoms with Gasteiger partial charge >= 0.3 is 5.69 Å². The van der Waals surface area contributed by atoms with Gasteiger partial charge in [0.15, 0.2) is 11.5 Å². The molecule has 3 aromatic heterocycles. The first kappa shape index (κ1) is 23.2. The molecule has 0 saturated carbocycles. The maximum Gasteiger partial charge on any atom is 0.328 e. The molecule has 182 valence electrons. The van der Waals surface area contributed by atoms with Crippen molar-refractivity contribution in [1.82, 2.24) is 29.1 Å². The fraction of sp³-hybridized carbons (Fsp3) is 0.222. The Morgan fingerprint density at radius 3 is 2.56 bits per heavy atom. The van der Waals surface area contributed by atoms with Crippen LogP contribution in [0.5, 0.6) is 0 Å². The molecule has 9 heteroatoms. The number of carbonyl (C=O) groups excluding carboxylic acids is 1. The monoisotopic (exact) mass is 481 g/mol. The van der Waals surface area contributed by atoms with Crippen LogP contribution in [0.2, 0.25) is 0 Å². The Labute approximate surface area is 207 Å². The van der Waals surface area contributed by atoms with E-state index >= 15 is 0 Å². The minimum Gasteiger partial charge on any atom is -0.369 e. The SMILES string of the molecule is CC(C)c1ccccc1-c1ncc2[nH]c(=O)n(Cc3ccc(-c4nc(CC(N)=O)cn4C)cc3)c2n1. The van der Waals surface area contributed by atoms with Crippen molar-refractivity contribution in [3.63, 3.8) is 0 Å². The lowest BCUT2D eigenvalue weighted by molar-refractivity contribution is -0.117. The Morgan fingerprint density at radius 1 is 1.08 bits per heavy atom. The van der Waals surface area contributed by atoms with Crippen molar-refractivity contribution < 1.29 is 4.79 Å². The summed E-state index contributed by atoms with van der Waals surface area (Å²) in [6.45, 7) is 4.63. The van der Waals surface area contributed by atoms with E-state index in [0.29, 0.717) is 35.1 Å². The highest BCUT2D eigenvalue weighted by atomic mass is 16.1. The highest BCUT2D eigenvalue weighted by Gasteiger charge is 2.15. The Morgan fingerprint density at radius 2 is 1.83 bits per heavy atom. The number of aromatic amines is 1. The number of aryl methyl sites for hydroxylation is 1. The average Bonchev–Trinajstić information content (AvgIpc) is 3.37. The zero-order valence-corrected chi connectivity index (χ0v) is 20.4. The molecule has 0 fully saturated rings. The number of nitrogens with one attached hydrogen (secondary N) is 1. The summed E-state index contributed by atoms with van der Waals surface area (Å²) in [5, 5.41) is 0. The van der Waals surface area contributed by atoms with E-state index in [1.165, 1.54) is 0 Å². The Hall–Kier alpha value is -4.53. The number of benzene rings is 2. The van der Waals surface area contributed by atoms with Gasteiger partial charge in [0, 0.05) is 24.4 Å². The van der Waals surface area contributed by atoms with Gasteiger partial charge < -0.3 is 15.3 Å². The molecule has 5 aromatic rings. The second kappa shape index (κ2) is 9.26. The fourth-order valence-corrected chi connectivity index (χ4v) is 4.43. The quantitative estimate of drug-likeness (QED) is 0.369. The van der Waals surface area contributed by atoms with E-state index in [1.807, 2.05) is 54.1 Å². The zero-order chi connectivity index (χ0) is 25.4. The minimum atomic E-state index is -0.418. The maximum atomic E-state index is 12.8. The first-order valence-electron chi connectivity index (χ1n) is 11.7. The number of H-pyrrole nitrogens is 1. The van der Waals surface area contributed by atoms with Crippen LogP contribution < -0.4 is 11.4 Å². The lowest BCUT2D eigenvalue weighted by atomic mass is 9.97. The van der Waals surface area contributed by atoms with Crippen LogP contribution in [0.1, 0.15) is 36.6 Å². The molecule has 0 saturated heterocycles. The van der Waals surface area contributed by atoms with E-state index in [4.69, 9.17) is 10.7 Å². The third-order valence-electron chi connectivity index (χ3n) is 6.17. The lowest BCUT2D eigenvalue weighted by Gasteiger charge is -2.11. The van der Waals surface area contributed by atoms with Crippen LogP contribution in [0.3, 0.4) is 0 Å². The standard InChI is InChI=1S/C27H27N7O2/c1-16(2)20-6-4-5-7-21(20)24-29-13-22-26(32-24)34(27(36)31-22)14-17-8-10-18(11-9-17)25-30-19(12-23(28)35)15-33(25)3/h4-11,13,15-16H,12,14H2,1-3H3,(H2,28,35)(H,31,36). The maximum absolute atomic E-state index is 12.8. The summed E-state index contributed by atoms with van der Waals surface area (Å²) in [7, 11) is 1.88. The van der Waals surface area contributed by atoms with Crippen molar-refractivity contribution in [2.45, 2.75) is 32.7 Å². The summed E-state index contributed by atoms with van der Waals surface area (Å²) < 4.78 is 3.49. The van der Waals surface area contributed by atoms with Crippen LogP contribution in [0.4, 0.5) is 0 Å². The van der Waals surface area contributed by atoms with Gasteiger partial charge in [-0.05, 0) is 17.0 Å². The van der Waals surface area contributed by atoms with E-state index in [0.717, 1.165) is 28.1 Å². The number of nitrogens with zero attached hydrogens (tertiary/aromatic N) is 5. The predicted molar refractivity (Wildman–Crippen MR) is 138 cm³/mol. The van der Waals surface area contributed by atoms with Gasteiger partial charge in [0.1, 0.15) is 11.3 Å². The first-order chi connectivity index (χ1) is 17.3. The Kier molecular flexibility index (Phi) is 5.97. The molecule has 3 heterocycles. The summed E-state index contributed by atoms with van der Waals surface area (Å²) in [5.41, 5.74) is 10.8. The summed E-state index contributed by atoms with van der Waals surface area (Å²) in [4.78, 5) is 40.7. The number of rotatable bonds is 7. The third kappa shape index (κ3) is 4.43. The molecule has 2 aromatic carbocycles. The molecular formula is C27H27N7O2. The van der Waals surface area contributed by atoms with Crippen LogP contribution in [-0.4, -0.2) is 35.0 Å². The molecule has 0 bridgehead atoms. The number of nitrogens with two attached hydrogens (primary N) is 1. The molecular weight excluding hydrogens is 454 g/mol. The fourth-order valence-electron chi connectivity index (χ4n) is 4.43. The van der Waals surface area contributed by atoms with Gasteiger partial charge in [-0.3, -0.25) is 9.36 Å².